The van der Waals surface area contributed by atoms with Gasteiger partial charge in [0.15, 0.2) is 0 Å². The van der Waals surface area contributed by atoms with Crippen molar-refractivity contribution in [2.24, 2.45) is 0 Å². The molecule has 1 heterocycles. The Hall–Kier alpha value is -1.95. The summed E-state index contributed by atoms with van der Waals surface area (Å²) in [5.74, 6) is -0.0931. The number of nitro benzene ring substituents is 1. The first-order chi connectivity index (χ1) is 9.99. The van der Waals surface area contributed by atoms with Gasteiger partial charge in [0.25, 0.3) is 11.6 Å². The number of hydrogen-bond donors (Lipinski definition) is 1. The summed E-state index contributed by atoms with van der Waals surface area (Å²) in [4.78, 5) is 24.6. The van der Waals surface area contributed by atoms with Gasteiger partial charge in [-0.25, -0.2) is 0 Å². The van der Waals surface area contributed by atoms with Gasteiger partial charge < -0.3 is 10.2 Å². The Bertz CT molecular complexity index is 543. The topological polar surface area (TPSA) is 75.5 Å². The lowest BCUT2D eigenvalue weighted by molar-refractivity contribution is -0.384. The van der Waals surface area contributed by atoms with E-state index in [4.69, 9.17) is 0 Å². The number of nitrogens with zero attached hydrogens (tertiary/aromatic N) is 2. The number of benzene rings is 1. The van der Waals surface area contributed by atoms with Crippen LogP contribution >= 0.6 is 0 Å². The quantitative estimate of drug-likeness (QED) is 0.494. The monoisotopic (exact) mass is 291 g/mol. The molecule has 0 saturated heterocycles. The van der Waals surface area contributed by atoms with Gasteiger partial charge in [-0.1, -0.05) is 19.9 Å². The Morgan fingerprint density at radius 3 is 2.86 bits per heavy atom. The molecule has 1 aliphatic rings. The molecule has 6 nitrogen and oxygen atoms in total. The minimum absolute atomic E-state index is 0.0228. The molecule has 0 bridgehead atoms. The molecule has 0 fully saturated rings. The van der Waals surface area contributed by atoms with E-state index >= 15 is 0 Å². The van der Waals surface area contributed by atoms with Crippen LogP contribution < -0.4 is 5.32 Å². The van der Waals surface area contributed by atoms with Gasteiger partial charge >= 0.3 is 0 Å². The van der Waals surface area contributed by atoms with Crippen molar-refractivity contribution >= 4 is 11.6 Å². The van der Waals surface area contributed by atoms with Gasteiger partial charge in [0.2, 0.25) is 0 Å². The molecule has 0 atom stereocenters. The number of nitrogens with one attached hydrogen (secondary N) is 1. The predicted octanol–water partition coefficient (Wildman–Crippen LogP) is 1.98. The van der Waals surface area contributed by atoms with Crippen LogP contribution in [0.15, 0.2) is 18.2 Å². The summed E-state index contributed by atoms with van der Waals surface area (Å²) in [6.45, 7) is 6.40. The van der Waals surface area contributed by atoms with Crippen molar-refractivity contribution in [2.45, 2.75) is 32.7 Å². The maximum Gasteiger partial charge on any atom is 0.270 e. The Morgan fingerprint density at radius 1 is 1.43 bits per heavy atom. The summed E-state index contributed by atoms with van der Waals surface area (Å²) in [7, 11) is 0. The summed E-state index contributed by atoms with van der Waals surface area (Å²) < 4.78 is 0. The highest BCUT2D eigenvalue weighted by atomic mass is 16.6. The SMILES string of the molecule is CC(C)NCCCN1CCc2ccc([N+](=O)[O-])cc2C1=O. The molecule has 1 aromatic carbocycles. The molecule has 114 valence electrons. The molecular weight excluding hydrogens is 270 g/mol. The molecule has 0 unspecified atom stereocenters. The van der Waals surface area contributed by atoms with Gasteiger partial charge in [-0.3, -0.25) is 14.9 Å². The molecule has 2 rings (SSSR count). The fourth-order valence-corrected chi connectivity index (χ4v) is 2.50. The number of rotatable bonds is 6. The van der Waals surface area contributed by atoms with Crippen LogP contribution in [0.4, 0.5) is 5.69 Å². The summed E-state index contributed by atoms with van der Waals surface area (Å²) in [5, 5.41) is 14.1. The minimum atomic E-state index is -0.459. The standard InChI is InChI=1S/C15H21N3O3/c1-11(2)16-7-3-8-17-9-6-12-4-5-13(18(20)21)10-14(12)15(17)19/h4-5,10-11,16H,3,6-9H2,1-2H3. The zero-order valence-electron chi connectivity index (χ0n) is 12.5. The van der Waals surface area contributed by atoms with E-state index in [1.807, 2.05) is 0 Å². The lowest BCUT2D eigenvalue weighted by Crippen LogP contribution is -2.39. The molecule has 6 heteroatoms. The lowest BCUT2D eigenvalue weighted by Gasteiger charge is -2.28. The predicted molar refractivity (Wildman–Crippen MR) is 80.5 cm³/mol. The lowest BCUT2D eigenvalue weighted by atomic mass is 9.98. The fourth-order valence-electron chi connectivity index (χ4n) is 2.50. The summed E-state index contributed by atoms with van der Waals surface area (Å²) in [6.07, 6.45) is 1.64. The smallest absolute Gasteiger partial charge is 0.270 e. The fraction of sp³-hybridized carbons (Fsp3) is 0.533. The van der Waals surface area contributed by atoms with Crippen LogP contribution in [0.5, 0.6) is 0 Å². The summed E-state index contributed by atoms with van der Waals surface area (Å²) in [6, 6.07) is 5.00. The molecule has 0 aromatic heterocycles. The maximum atomic E-state index is 12.4. The Balaban J connectivity index is 2.02. The summed E-state index contributed by atoms with van der Waals surface area (Å²) >= 11 is 0. The van der Waals surface area contributed by atoms with Gasteiger partial charge in [0.05, 0.1) is 4.92 Å². The van der Waals surface area contributed by atoms with Crippen molar-refractivity contribution in [3.05, 3.63) is 39.4 Å². The number of carbonyl (C=O) groups is 1. The highest BCUT2D eigenvalue weighted by molar-refractivity contribution is 5.97. The molecule has 1 amide bonds. The van der Waals surface area contributed by atoms with Crippen LogP contribution in [0.2, 0.25) is 0 Å². The Labute approximate surface area is 124 Å². The highest BCUT2D eigenvalue weighted by Crippen LogP contribution is 2.23. The highest BCUT2D eigenvalue weighted by Gasteiger charge is 2.25. The van der Waals surface area contributed by atoms with Crippen molar-refractivity contribution < 1.29 is 9.72 Å². The zero-order valence-corrected chi connectivity index (χ0v) is 12.5. The van der Waals surface area contributed by atoms with Crippen molar-refractivity contribution in [1.82, 2.24) is 10.2 Å². The second-order valence-corrected chi connectivity index (χ2v) is 5.60. The van der Waals surface area contributed by atoms with Crippen molar-refractivity contribution in [1.29, 1.82) is 0 Å². The van der Waals surface area contributed by atoms with Gasteiger partial charge in [-0.15, -0.1) is 0 Å². The maximum absolute atomic E-state index is 12.4. The van der Waals surface area contributed by atoms with E-state index in [-0.39, 0.29) is 11.6 Å². The Kier molecular flexibility index (Phi) is 4.90. The van der Waals surface area contributed by atoms with E-state index in [1.54, 1.807) is 11.0 Å². The Morgan fingerprint density at radius 2 is 2.19 bits per heavy atom. The molecule has 0 radical (unpaired) electrons. The van der Waals surface area contributed by atoms with Crippen molar-refractivity contribution in [3.63, 3.8) is 0 Å². The molecule has 1 aliphatic heterocycles. The number of carbonyl (C=O) groups excluding carboxylic acids is 1. The number of non-ortho nitro benzene ring substituents is 1. The average Bonchev–Trinajstić information content (AvgIpc) is 2.45. The zero-order chi connectivity index (χ0) is 15.4. The van der Waals surface area contributed by atoms with Crippen molar-refractivity contribution in [2.75, 3.05) is 19.6 Å². The van der Waals surface area contributed by atoms with E-state index < -0.39 is 4.92 Å². The van der Waals surface area contributed by atoms with Crippen LogP contribution in [0, 0.1) is 10.1 Å². The molecule has 21 heavy (non-hydrogen) atoms. The van der Waals surface area contributed by atoms with Crippen LogP contribution in [0.3, 0.4) is 0 Å². The minimum Gasteiger partial charge on any atom is -0.338 e. The molecular formula is C15H21N3O3. The number of fused-ring (bicyclic) bond motifs is 1. The van der Waals surface area contributed by atoms with Gasteiger partial charge in [-0.05, 0) is 24.9 Å². The van der Waals surface area contributed by atoms with Gasteiger partial charge in [0, 0.05) is 36.8 Å². The second-order valence-electron chi connectivity index (χ2n) is 5.60. The van der Waals surface area contributed by atoms with Crippen LogP contribution in [-0.2, 0) is 6.42 Å². The number of nitro groups is 1. The van der Waals surface area contributed by atoms with Gasteiger partial charge in [0.1, 0.15) is 0 Å². The first-order valence-electron chi connectivity index (χ1n) is 7.29. The average molecular weight is 291 g/mol. The molecule has 1 aromatic rings. The molecule has 1 N–H and O–H groups in total. The summed E-state index contributed by atoms with van der Waals surface area (Å²) in [5.41, 5.74) is 1.36. The van der Waals surface area contributed by atoms with Crippen LogP contribution in [0.25, 0.3) is 0 Å². The van der Waals surface area contributed by atoms with Crippen LogP contribution in [0.1, 0.15) is 36.2 Å². The van der Waals surface area contributed by atoms with Crippen molar-refractivity contribution in [3.8, 4) is 0 Å². The second kappa shape index (κ2) is 6.67. The number of hydrogen-bond acceptors (Lipinski definition) is 4. The third kappa shape index (κ3) is 3.78. The van der Waals surface area contributed by atoms with E-state index in [2.05, 4.69) is 19.2 Å². The van der Waals surface area contributed by atoms with E-state index in [9.17, 15) is 14.9 Å². The molecule has 0 aliphatic carbocycles. The van der Waals surface area contributed by atoms with E-state index in [1.165, 1.54) is 12.1 Å². The van der Waals surface area contributed by atoms with E-state index in [0.717, 1.165) is 24.9 Å². The van der Waals surface area contributed by atoms with Crippen LogP contribution in [-0.4, -0.2) is 41.4 Å². The first kappa shape index (κ1) is 15.4. The molecule has 0 spiro atoms. The number of amides is 1. The largest absolute Gasteiger partial charge is 0.338 e. The first-order valence-corrected chi connectivity index (χ1v) is 7.29. The normalized spacial score (nSPS) is 14.4. The third-order valence-electron chi connectivity index (χ3n) is 3.63. The van der Waals surface area contributed by atoms with E-state index in [0.29, 0.717) is 24.7 Å². The molecule has 0 saturated carbocycles. The third-order valence-corrected chi connectivity index (χ3v) is 3.63. The van der Waals surface area contributed by atoms with Gasteiger partial charge in [-0.2, -0.15) is 0 Å².